The number of nitrogens with one attached hydrogen (secondary N) is 1. The van der Waals surface area contributed by atoms with E-state index in [2.05, 4.69) is 14.7 Å². The first-order valence-corrected chi connectivity index (χ1v) is 8.01. The Balaban J connectivity index is 2.21. The summed E-state index contributed by atoms with van der Waals surface area (Å²) in [5.74, 6) is 0. The van der Waals surface area contributed by atoms with Crippen molar-refractivity contribution >= 4 is 17.4 Å². The van der Waals surface area contributed by atoms with Gasteiger partial charge in [-0.05, 0) is 19.1 Å². The zero-order valence-electron chi connectivity index (χ0n) is 12.7. The summed E-state index contributed by atoms with van der Waals surface area (Å²) in [6.45, 7) is 6.03. The molecular weight excluding hydrogens is 286 g/mol. The highest BCUT2D eigenvalue weighted by Gasteiger charge is 2.17. The molecule has 6 heteroatoms. The maximum absolute atomic E-state index is 9.71. The Morgan fingerprint density at radius 2 is 2.24 bits per heavy atom. The molecule has 0 amide bonds. The van der Waals surface area contributed by atoms with Crippen LogP contribution in [0.3, 0.4) is 0 Å². The second kappa shape index (κ2) is 7.79. The fourth-order valence-electron chi connectivity index (χ4n) is 1.94. The van der Waals surface area contributed by atoms with Crippen molar-refractivity contribution in [1.82, 2.24) is 14.7 Å². The summed E-state index contributed by atoms with van der Waals surface area (Å²) in [5.41, 5.74) is 2.06. The van der Waals surface area contributed by atoms with Gasteiger partial charge in [-0.25, -0.2) is 4.98 Å². The first kappa shape index (κ1) is 16.3. The Morgan fingerprint density at radius 3 is 2.95 bits per heavy atom. The van der Waals surface area contributed by atoms with Crippen LogP contribution in [0.1, 0.15) is 19.5 Å². The van der Waals surface area contributed by atoms with Crippen LogP contribution in [0.5, 0.6) is 0 Å². The van der Waals surface area contributed by atoms with Gasteiger partial charge in [0.05, 0.1) is 18.4 Å². The molecule has 21 heavy (non-hydrogen) atoms. The van der Waals surface area contributed by atoms with Crippen molar-refractivity contribution in [2.75, 3.05) is 20.3 Å². The van der Waals surface area contributed by atoms with Crippen molar-refractivity contribution in [3.05, 3.63) is 30.1 Å². The van der Waals surface area contributed by atoms with Gasteiger partial charge in [0.1, 0.15) is 10.7 Å². The van der Waals surface area contributed by atoms with Crippen LogP contribution in [0.4, 0.5) is 0 Å². The van der Waals surface area contributed by atoms with Gasteiger partial charge >= 0.3 is 0 Å². The van der Waals surface area contributed by atoms with Crippen LogP contribution >= 0.6 is 11.8 Å². The number of nitrogens with zero attached hydrogens (tertiary/aromatic N) is 2. The third kappa shape index (κ3) is 4.20. The smallest absolute Gasteiger partial charge is 0.138 e. The van der Waals surface area contributed by atoms with Crippen molar-refractivity contribution in [3.8, 4) is 0 Å². The lowest BCUT2D eigenvalue weighted by Crippen LogP contribution is -2.20. The van der Waals surface area contributed by atoms with E-state index in [-0.39, 0.29) is 11.4 Å². The van der Waals surface area contributed by atoms with Gasteiger partial charge in [-0.1, -0.05) is 24.8 Å². The van der Waals surface area contributed by atoms with E-state index in [0.717, 1.165) is 29.5 Å². The lowest BCUT2D eigenvalue weighted by atomic mass is 10.3. The number of hydrogen-bond acceptors (Lipinski definition) is 5. The number of fused-ring (bicyclic) bond motifs is 1. The fraction of sp³-hybridized carbons (Fsp3) is 0.533. The molecule has 2 atom stereocenters. The summed E-state index contributed by atoms with van der Waals surface area (Å²) in [4.78, 5) is 4.68. The highest BCUT2D eigenvalue weighted by Crippen LogP contribution is 2.28. The molecule has 2 aromatic rings. The monoisotopic (exact) mass is 309 g/mol. The highest BCUT2D eigenvalue weighted by molar-refractivity contribution is 7.99. The molecule has 0 spiro atoms. The molecule has 0 aromatic carbocycles. The minimum Gasteiger partial charge on any atom is -0.392 e. The molecule has 116 valence electrons. The van der Waals surface area contributed by atoms with Crippen molar-refractivity contribution in [1.29, 1.82) is 0 Å². The molecular formula is C15H23N3O2S. The van der Waals surface area contributed by atoms with Crippen LogP contribution in [0.25, 0.3) is 5.65 Å². The third-order valence-corrected chi connectivity index (χ3v) is 4.66. The summed E-state index contributed by atoms with van der Waals surface area (Å²) in [6, 6.07) is 5.98. The van der Waals surface area contributed by atoms with Gasteiger partial charge < -0.3 is 19.6 Å². The van der Waals surface area contributed by atoms with Crippen molar-refractivity contribution in [3.63, 3.8) is 0 Å². The SMILES string of the molecule is COCCNCc1c(SC(C)C(C)O)nc2ccccn12. The standard InChI is InChI=1S/C15H23N3O2S/c1-11(19)12(2)21-15-13(10-16-7-9-20-3)18-8-5-4-6-14(18)17-15/h4-6,8,11-12,16,19H,7,9-10H2,1-3H3. The normalized spacial score (nSPS) is 14.5. The summed E-state index contributed by atoms with van der Waals surface area (Å²) in [7, 11) is 1.70. The fourth-order valence-corrected chi connectivity index (χ4v) is 2.94. The number of thioether (sulfide) groups is 1. The van der Waals surface area contributed by atoms with Gasteiger partial charge in [-0.15, -0.1) is 0 Å². The molecule has 0 fully saturated rings. The predicted octanol–water partition coefficient (Wildman–Crippen LogP) is 1.93. The van der Waals surface area contributed by atoms with Crippen LogP contribution in [0, 0.1) is 0 Å². The minimum absolute atomic E-state index is 0.104. The third-order valence-electron chi connectivity index (χ3n) is 3.34. The molecule has 2 heterocycles. The van der Waals surface area contributed by atoms with Gasteiger partial charge in [0, 0.05) is 31.6 Å². The van der Waals surface area contributed by atoms with Crippen LogP contribution < -0.4 is 5.32 Å². The van der Waals surface area contributed by atoms with Crippen molar-refractivity contribution in [2.45, 2.75) is 36.8 Å². The molecule has 0 bridgehead atoms. The zero-order valence-corrected chi connectivity index (χ0v) is 13.6. The quantitative estimate of drug-likeness (QED) is 0.576. The number of ether oxygens (including phenoxy) is 1. The molecule has 2 aromatic heterocycles. The van der Waals surface area contributed by atoms with E-state index in [4.69, 9.17) is 4.74 Å². The molecule has 0 radical (unpaired) electrons. The molecule has 0 saturated heterocycles. The van der Waals surface area contributed by atoms with E-state index in [0.29, 0.717) is 6.61 Å². The number of aliphatic hydroxyl groups is 1. The molecule has 0 aliphatic heterocycles. The number of aliphatic hydroxyl groups excluding tert-OH is 1. The van der Waals surface area contributed by atoms with Gasteiger partial charge in [-0.3, -0.25) is 0 Å². The summed E-state index contributed by atoms with van der Waals surface area (Å²) in [6.07, 6.45) is 1.65. The average Bonchev–Trinajstić information content (AvgIpc) is 2.81. The van der Waals surface area contributed by atoms with Crippen LogP contribution in [-0.4, -0.2) is 46.1 Å². The summed E-state index contributed by atoms with van der Waals surface area (Å²) < 4.78 is 7.15. The molecule has 2 N–H and O–H groups in total. The lowest BCUT2D eigenvalue weighted by molar-refractivity contribution is 0.196. The van der Waals surface area contributed by atoms with Crippen molar-refractivity contribution in [2.24, 2.45) is 0 Å². The Morgan fingerprint density at radius 1 is 1.43 bits per heavy atom. The molecule has 2 unspecified atom stereocenters. The Kier molecular flexibility index (Phi) is 6.05. The minimum atomic E-state index is -0.367. The molecule has 0 aliphatic carbocycles. The molecule has 5 nitrogen and oxygen atoms in total. The van der Waals surface area contributed by atoms with Crippen LogP contribution in [0.15, 0.2) is 29.4 Å². The first-order chi connectivity index (χ1) is 10.1. The average molecular weight is 309 g/mol. The number of hydrogen-bond donors (Lipinski definition) is 2. The predicted molar refractivity (Wildman–Crippen MR) is 85.8 cm³/mol. The lowest BCUT2D eigenvalue weighted by Gasteiger charge is -2.13. The van der Waals surface area contributed by atoms with Gasteiger partial charge in [0.15, 0.2) is 0 Å². The highest BCUT2D eigenvalue weighted by atomic mass is 32.2. The van der Waals surface area contributed by atoms with E-state index in [1.807, 2.05) is 38.2 Å². The van der Waals surface area contributed by atoms with E-state index in [9.17, 15) is 5.11 Å². The van der Waals surface area contributed by atoms with Crippen LogP contribution in [0.2, 0.25) is 0 Å². The second-order valence-electron chi connectivity index (χ2n) is 5.03. The van der Waals surface area contributed by atoms with E-state index < -0.39 is 0 Å². The van der Waals surface area contributed by atoms with Crippen LogP contribution in [-0.2, 0) is 11.3 Å². The maximum atomic E-state index is 9.71. The molecule has 0 saturated carbocycles. The number of rotatable bonds is 8. The first-order valence-electron chi connectivity index (χ1n) is 7.13. The van der Waals surface area contributed by atoms with E-state index >= 15 is 0 Å². The van der Waals surface area contributed by atoms with E-state index in [1.165, 1.54) is 0 Å². The molecule has 2 rings (SSSR count). The van der Waals surface area contributed by atoms with E-state index in [1.54, 1.807) is 18.9 Å². The Bertz CT molecular complexity index is 571. The Hall–Kier alpha value is -1.08. The largest absolute Gasteiger partial charge is 0.392 e. The number of methoxy groups -OCH3 is 1. The van der Waals surface area contributed by atoms with Gasteiger partial charge in [0.2, 0.25) is 0 Å². The van der Waals surface area contributed by atoms with Gasteiger partial charge in [-0.2, -0.15) is 0 Å². The zero-order chi connectivity index (χ0) is 15.2. The number of pyridine rings is 1. The summed E-state index contributed by atoms with van der Waals surface area (Å²) in [5, 5.41) is 14.1. The van der Waals surface area contributed by atoms with Gasteiger partial charge in [0.25, 0.3) is 0 Å². The molecule has 0 aliphatic rings. The number of aromatic nitrogens is 2. The maximum Gasteiger partial charge on any atom is 0.138 e. The number of imidazole rings is 1. The van der Waals surface area contributed by atoms with Crippen molar-refractivity contribution < 1.29 is 9.84 Å². The Labute approximate surface area is 129 Å². The second-order valence-corrected chi connectivity index (χ2v) is 6.39. The topological polar surface area (TPSA) is 58.8 Å². The summed E-state index contributed by atoms with van der Waals surface area (Å²) >= 11 is 1.61.